The highest BCUT2D eigenvalue weighted by Crippen LogP contribution is 2.32. The first kappa shape index (κ1) is 17.6. The van der Waals surface area contributed by atoms with Gasteiger partial charge in [0, 0.05) is 31.0 Å². The zero-order chi connectivity index (χ0) is 18.8. The number of H-pyrrole nitrogens is 1. The molecule has 1 saturated heterocycles. The second-order valence-electron chi connectivity index (χ2n) is 6.30. The summed E-state index contributed by atoms with van der Waals surface area (Å²) in [4.78, 5) is 8.75. The van der Waals surface area contributed by atoms with E-state index in [9.17, 15) is 8.78 Å². The lowest BCUT2D eigenvalue weighted by Gasteiger charge is -2.22. The van der Waals surface area contributed by atoms with Gasteiger partial charge in [0.2, 0.25) is 11.6 Å². The Balaban J connectivity index is 1.72. The molecule has 1 aliphatic heterocycles. The molecule has 0 aromatic carbocycles. The number of aromatic nitrogens is 6. The number of nitrogens with zero attached hydrogens (tertiary/aromatic N) is 5. The molecule has 0 aliphatic carbocycles. The first-order valence-corrected chi connectivity index (χ1v) is 8.65. The number of aromatic amines is 1. The normalized spacial score (nSPS) is 16.7. The molecule has 9 nitrogen and oxygen atoms in total. The fourth-order valence-electron chi connectivity index (χ4n) is 2.85. The standard InChI is InChI=1S/C16H19F2N7O2/c1-9(14(17)18)27-13-12(10-6-20-21-7-10)19-8-25-15(13)23-16(24-25)22-11-2-4-26-5-3-11/h6-9,11,14H,2-5H2,1H3,(H,20,21)(H,22,24)/t9-/m1/s1. The van der Waals surface area contributed by atoms with Crippen LogP contribution in [0.5, 0.6) is 5.75 Å². The van der Waals surface area contributed by atoms with Gasteiger partial charge in [-0.2, -0.15) is 14.6 Å². The summed E-state index contributed by atoms with van der Waals surface area (Å²) in [6.07, 6.45) is 2.34. The third-order valence-electron chi connectivity index (χ3n) is 4.33. The highest BCUT2D eigenvalue weighted by molar-refractivity contribution is 5.73. The summed E-state index contributed by atoms with van der Waals surface area (Å²) in [5, 5.41) is 14.2. The van der Waals surface area contributed by atoms with E-state index in [0.717, 1.165) is 12.8 Å². The summed E-state index contributed by atoms with van der Waals surface area (Å²) in [6.45, 7) is 2.65. The van der Waals surface area contributed by atoms with E-state index >= 15 is 0 Å². The lowest BCUT2D eigenvalue weighted by atomic mass is 10.1. The van der Waals surface area contributed by atoms with Gasteiger partial charge in [-0.3, -0.25) is 5.10 Å². The minimum atomic E-state index is -2.65. The summed E-state index contributed by atoms with van der Waals surface area (Å²) >= 11 is 0. The van der Waals surface area contributed by atoms with Gasteiger partial charge in [0.05, 0.1) is 6.20 Å². The van der Waals surface area contributed by atoms with Crippen molar-refractivity contribution in [3.63, 3.8) is 0 Å². The molecule has 11 heteroatoms. The van der Waals surface area contributed by atoms with E-state index in [1.807, 2.05) is 0 Å². The lowest BCUT2D eigenvalue weighted by Crippen LogP contribution is -2.28. The average molecular weight is 379 g/mol. The Labute approximate surface area is 153 Å². The predicted octanol–water partition coefficient (Wildman–Crippen LogP) is 2.14. The van der Waals surface area contributed by atoms with Gasteiger partial charge in [0.15, 0.2) is 11.9 Å². The number of alkyl halides is 2. The fraction of sp³-hybridized carbons (Fsp3) is 0.500. The summed E-state index contributed by atoms with van der Waals surface area (Å²) in [7, 11) is 0. The Morgan fingerprint density at radius 2 is 2.19 bits per heavy atom. The molecule has 0 amide bonds. The average Bonchev–Trinajstić information content (AvgIpc) is 3.32. The molecule has 2 N–H and O–H groups in total. The highest BCUT2D eigenvalue weighted by atomic mass is 19.3. The Morgan fingerprint density at radius 3 is 2.89 bits per heavy atom. The number of rotatable bonds is 6. The molecule has 27 heavy (non-hydrogen) atoms. The largest absolute Gasteiger partial charge is 0.478 e. The molecule has 1 fully saturated rings. The SMILES string of the molecule is C[C@@H](Oc1c(-c2cn[nH]c2)ncn2nc(NC3CCOCC3)nc12)C(F)F. The van der Waals surface area contributed by atoms with Crippen molar-refractivity contribution in [3.8, 4) is 17.0 Å². The molecule has 4 rings (SSSR count). The van der Waals surface area contributed by atoms with E-state index in [-0.39, 0.29) is 11.8 Å². The molecule has 3 aromatic rings. The molecule has 1 atom stereocenters. The minimum Gasteiger partial charge on any atom is -0.478 e. The van der Waals surface area contributed by atoms with E-state index < -0.39 is 12.5 Å². The number of halogens is 2. The fourth-order valence-corrected chi connectivity index (χ4v) is 2.85. The first-order chi connectivity index (χ1) is 13.1. The van der Waals surface area contributed by atoms with Gasteiger partial charge in [0.25, 0.3) is 6.43 Å². The highest BCUT2D eigenvalue weighted by Gasteiger charge is 2.24. The quantitative estimate of drug-likeness (QED) is 0.676. The summed E-state index contributed by atoms with van der Waals surface area (Å²) in [5.74, 6) is 0.529. The van der Waals surface area contributed by atoms with Crippen LogP contribution in [0, 0.1) is 0 Å². The van der Waals surface area contributed by atoms with Gasteiger partial charge in [-0.1, -0.05) is 0 Å². The first-order valence-electron chi connectivity index (χ1n) is 8.65. The van der Waals surface area contributed by atoms with Gasteiger partial charge in [-0.05, 0) is 19.8 Å². The Hall–Kier alpha value is -2.82. The second kappa shape index (κ2) is 7.43. The molecular weight excluding hydrogens is 360 g/mol. The Morgan fingerprint density at radius 1 is 1.37 bits per heavy atom. The van der Waals surface area contributed by atoms with Crippen LogP contribution in [0.25, 0.3) is 16.9 Å². The van der Waals surface area contributed by atoms with Crippen LogP contribution in [0.3, 0.4) is 0 Å². The van der Waals surface area contributed by atoms with Gasteiger partial charge in [-0.25, -0.2) is 13.8 Å². The number of hydrogen-bond donors (Lipinski definition) is 2. The van der Waals surface area contributed by atoms with Crippen molar-refractivity contribution < 1.29 is 18.3 Å². The third-order valence-corrected chi connectivity index (χ3v) is 4.33. The van der Waals surface area contributed by atoms with Crippen LogP contribution in [0.15, 0.2) is 18.7 Å². The molecule has 144 valence electrons. The predicted molar refractivity (Wildman–Crippen MR) is 91.9 cm³/mol. The summed E-state index contributed by atoms with van der Waals surface area (Å²) in [6, 6.07) is 0.196. The van der Waals surface area contributed by atoms with E-state index in [1.54, 1.807) is 6.20 Å². The molecule has 4 heterocycles. The van der Waals surface area contributed by atoms with Crippen LogP contribution in [0.1, 0.15) is 19.8 Å². The Bertz CT molecular complexity index is 894. The van der Waals surface area contributed by atoms with Gasteiger partial charge < -0.3 is 14.8 Å². The van der Waals surface area contributed by atoms with Crippen molar-refractivity contribution in [3.05, 3.63) is 18.7 Å². The van der Waals surface area contributed by atoms with Crippen LogP contribution in [0.2, 0.25) is 0 Å². The number of nitrogens with one attached hydrogen (secondary N) is 2. The van der Waals surface area contributed by atoms with Crippen LogP contribution in [-0.2, 0) is 4.74 Å². The van der Waals surface area contributed by atoms with Crippen molar-refractivity contribution in [2.75, 3.05) is 18.5 Å². The van der Waals surface area contributed by atoms with Crippen LogP contribution < -0.4 is 10.1 Å². The minimum absolute atomic E-state index is 0.138. The summed E-state index contributed by atoms with van der Waals surface area (Å²) in [5.41, 5.74) is 1.29. The number of fused-ring (bicyclic) bond motifs is 1. The maximum Gasteiger partial charge on any atom is 0.274 e. The van der Waals surface area contributed by atoms with E-state index in [2.05, 4.69) is 30.6 Å². The molecule has 0 saturated carbocycles. The van der Waals surface area contributed by atoms with Crippen molar-refractivity contribution in [1.82, 2.24) is 29.8 Å². The maximum absolute atomic E-state index is 13.1. The van der Waals surface area contributed by atoms with E-state index in [4.69, 9.17) is 9.47 Å². The third kappa shape index (κ3) is 3.68. The molecule has 0 spiro atoms. The molecular formula is C16H19F2N7O2. The van der Waals surface area contributed by atoms with E-state index in [1.165, 1.54) is 24.0 Å². The number of ether oxygens (including phenoxy) is 2. The number of hydrogen-bond acceptors (Lipinski definition) is 7. The zero-order valence-corrected chi connectivity index (χ0v) is 14.6. The van der Waals surface area contributed by atoms with Crippen LogP contribution >= 0.6 is 0 Å². The Kier molecular flexibility index (Phi) is 4.84. The molecule has 0 unspecified atom stereocenters. The van der Waals surface area contributed by atoms with Gasteiger partial charge >= 0.3 is 0 Å². The molecule has 0 radical (unpaired) electrons. The van der Waals surface area contributed by atoms with Crippen molar-refractivity contribution in [1.29, 1.82) is 0 Å². The lowest BCUT2D eigenvalue weighted by molar-refractivity contribution is 0.0233. The summed E-state index contributed by atoms with van der Waals surface area (Å²) < 4.78 is 38.4. The monoisotopic (exact) mass is 379 g/mol. The molecule has 1 aliphatic rings. The van der Waals surface area contributed by atoms with Crippen LogP contribution in [-0.4, -0.2) is 61.6 Å². The van der Waals surface area contributed by atoms with E-state index in [0.29, 0.717) is 36.1 Å². The van der Waals surface area contributed by atoms with Gasteiger partial charge in [-0.15, -0.1) is 5.10 Å². The van der Waals surface area contributed by atoms with Gasteiger partial charge in [0.1, 0.15) is 12.0 Å². The number of anilines is 1. The molecule has 3 aromatic heterocycles. The smallest absolute Gasteiger partial charge is 0.274 e. The maximum atomic E-state index is 13.1. The van der Waals surface area contributed by atoms with Crippen molar-refractivity contribution in [2.45, 2.75) is 38.3 Å². The topological polar surface area (TPSA) is 102 Å². The molecule has 0 bridgehead atoms. The zero-order valence-electron chi connectivity index (χ0n) is 14.6. The van der Waals surface area contributed by atoms with Crippen molar-refractivity contribution >= 4 is 11.6 Å². The second-order valence-corrected chi connectivity index (χ2v) is 6.30. The van der Waals surface area contributed by atoms with Crippen molar-refractivity contribution in [2.24, 2.45) is 0 Å². The van der Waals surface area contributed by atoms with Crippen LogP contribution in [0.4, 0.5) is 14.7 Å².